The molecule has 2 aromatic carbocycles. The van der Waals surface area contributed by atoms with E-state index in [0.717, 1.165) is 25.9 Å². The van der Waals surface area contributed by atoms with Gasteiger partial charge in [0.2, 0.25) is 0 Å². The number of para-hydroxylation sites is 1. The number of nitrogens with one attached hydrogen (secondary N) is 1. The van der Waals surface area contributed by atoms with Crippen LogP contribution in [-0.2, 0) is 19.4 Å². The number of aliphatic imine (C=N–C) groups is 1. The Morgan fingerprint density at radius 2 is 1.89 bits per heavy atom. The summed E-state index contributed by atoms with van der Waals surface area (Å²) < 4.78 is 0. The lowest BCUT2D eigenvalue weighted by molar-refractivity contribution is 0.687. The van der Waals surface area contributed by atoms with Gasteiger partial charge in [-0.3, -0.25) is 4.99 Å². The zero-order chi connectivity index (χ0) is 12.9. The number of benzene rings is 2. The molecule has 0 unspecified atom stereocenters. The van der Waals surface area contributed by atoms with Crippen molar-refractivity contribution in [1.29, 1.82) is 0 Å². The maximum atomic E-state index is 4.48. The molecule has 0 amide bonds. The molecule has 0 aromatic heterocycles. The lowest BCUT2D eigenvalue weighted by Crippen LogP contribution is -2.16. The molecule has 0 atom stereocenters. The van der Waals surface area contributed by atoms with Gasteiger partial charge in [-0.05, 0) is 29.7 Å². The van der Waals surface area contributed by atoms with Gasteiger partial charge in [-0.1, -0.05) is 48.5 Å². The SMILES string of the molecule is C1=Nc2c(cccc2CCNCc2ccccc2)C1. The number of hydrogen-bond donors (Lipinski definition) is 1. The van der Waals surface area contributed by atoms with E-state index < -0.39 is 0 Å². The molecule has 1 aliphatic rings. The summed E-state index contributed by atoms with van der Waals surface area (Å²) in [5.41, 5.74) is 5.25. The van der Waals surface area contributed by atoms with Crippen LogP contribution < -0.4 is 5.32 Å². The molecule has 1 aliphatic heterocycles. The number of fused-ring (bicyclic) bond motifs is 1. The summed E-state index contributed by atoms with van der Waals surface area (Å²) in [4.78, 5) is 4.48. The Balaban J connectivity index is 1.53. The number of nitrogens with zero attached hydrogens (tertiary/aromatic N) is 1. The zero-order valence-electron chi connectivity index (χ0n) is 11.0. The Morgan fingerprint density at radius 3 is 2.79 bits per heavy atom. The summed E-state index contributed by atoms with van der Waals surface area (Å²) >= 11 is 0. The minimum absolute atomic E-state index is 0.930. The van der Waals surface area contributed by atoms with Gasteiger partial charge in [-0.2, -0.15) is 0 Å². The van der Waals surface area contributed by atoms with Crippen molar-refractivity contribution in [3.8, 4) is 0 Å². The average Bonchev–Trinajstić information content (AvgIpc) is 2.94. The highest BCUT2D eigenvalue weighted by molar-refractivity contribution is 5.77. The maximum Gasteiger partial charge on any atom is 0.0693 e. The van der Waals surface area contributed by atoms with Crippen molar-refractivity contribution in [3.63, 3.8) is 0 Å². The van der Waals surface area contributed by atoms with Crippen LogP contribution in [0, 0.1) is 0 Å². The first-order chi connectivity index (χ1) is 9.43. The van der Waals surface area contributed by atoms with Crippen LogP contribution in [0.3, 0.4) is 0 Å². The molecule has 2 aromatic rings. The summed E-state index contributed by atoms with van der Waals surface area (Å²) in [6, 6.07) is 17.0. The summed E-state index contributed by atoms with van der Waals surface area (Å²) in [7, 11) is 0. The second-order valence-corrected chi connectivity index (χ2v) is 4.85. The topological polar surface area (TPSA) is 24.4 Å². The summed E-state index contributed by atoms with van der Waals surface area (Å²) in [5.74, 6) is 0. The quantitative estimate of drug-likeness (QED) is 0.809. The van der Waals surface area contributed by atoms with Gasteiger partial charge >= 0.3 is 0 Å². The lowest BCUT2D eigenvalue weighted by Gasteiger charge is -2.08. The summed E-state index contributed by atoms with van der Waals surface area (Å²) in [6.45, 7) is 1.92. The first kappa shape index (κ1) is 12.1. The van der Waals surface area contributed by atoms with Crippen LogP contribution in [0.4, 0.5) is 5.69 Å². The standard InChI is InChI=1S/C17H18N2/c1-2-5-14(6-3-1)13-18-11-9-15-7-4-8-16-10-12-19-17(15)16/h1-8,12,18H,9-11,13H2. The Labute approximate surface area is 114 Å². The Hall–Kier alpha value is -1.93. The van der Waals surface area contributed by atoms with Crippen molar-refractivity contribution in [2.24, 2.45) is 4.99 Å². The first-order valence-electron chi connectivity index (χ1n) is 6.81. The maximum absolute atomic E-state index is 4.48. The molecule has 0 saturated carbocycles. The highest BCUT2D eigenvalue weighted by atomic mass is 14.8. The molecule has 3 rings (SSSR count). The molecule has 2 nitrogen and oxygen atoms in total. The van der Waals surface area contributed by atoms with Gasteiger partial charge in [-0.25, -0.2) is 0 Å². The number of rotatable bonds is 5. The molecule has 2 heteroatoms. The average molecular weight is 250 g/mol. The van der Waals surface area contributed by atoms with Gasteiger partial charge in [-0.15, -0.1) is 0 Å². The highest BCUT2D eigenvalue weighted by Gasteiger charge is 2.10. The Morgan fingerprint density at radius 1 is 1.00 bits per heavy atom. The summed E-state index contributed by atoms with van der Waals surface area (Å²) in [6.07, 6.45) is 4.03. The first-order valence-corrected chi connectivity index (χ1v) is 6.81. The molecular formula is C17H18N2. The van der Waals surface area contributed by atoms with Gasteiger partial charge in [0.05, 0.1) is 5.69 Å². The van der Waals surface area contributed by atoms with Crippen LogP contribution in [0.25, 0.3) is 0 Å². The van der Waals surface area contributed by atoms with Gasteiger partial charge in [0.1, 0.15) is 0 Å². The van der Waals surface area contributed by atoms with Crippen LogP contribution in [0.1, 0.15) is 16.7 Å². The van der Waals surface area contributed by atoms with Crippen molar-refractivity contribution in [1.82, 2.24) is 5.32 Å². The van der Waals surface area contributed by atoms with E-state index in [1.54, 1.807) is 0 Å². The largest absolute Gasteiger partial charge is 0.312 e. The lowest BCUT2D eigenvalue weighted by atomic mass is 10.0. The van der Waals surface area contributed by atoms with E-state index in [-0.39, 0.29) is 0 Å². The third-order valence-electron chi connectivity index (χ3n) is 3.48. The molecule has 0 fully saturated rings. The smallest absolute Gasteiger partial charge is 0.0693 e. The molecule has 1 N–H and O–H groups in total. The predicted molar refractivity (Wildman–Crippen MR) is 80.2 cm³/mol. The van der Waals surface area contributed by atoms with Crippen LogP contribution in [0.5, 0.6) is 0 Å². The molecule has 0 spiro atoms. The van der Waals surface area contributed by atoms with Crippen LogP contribution in [0.2, 0.25) is 0 Å². The minimum Gasteiger partial charge on any atom is -0.312 e. The van der Waals surface area contributed by atoms with Crippen molar-refractivity contribution in [3.05, 3.63) is 65.2 Å². The Bertz CT molecular complexity index is 573. The van der Waals surface area contributed by atoms with Gasteiger partial charge < -0.3 is 5.32 Å². The molecule has 0 saturated heterocycles. The van der Waals surface area contributed by atoms with Crippen LogP contribution in [0.15, 0.2) is 53.5 Å². The van der Waals surface area contributed by atoms with Crippen LogP contribution >= 0.6 is 0 Å². The monoisotopic (exact) mass is 250 g/mol. The summed E-state index contributed by atoms with van der Waals surface area (Å²) in [5, 5.41) is 3.49. The molecule has 19 heavy (non-hydrogen) atoms. The van der Waals surface area contributed by atoms with E-state index in [4.69, 9.17) is 0 Å². The predicted octanol–water partition coefficient (Wildman–Crippen LogP) is 3.28. The fourth-order valence-corrected chi connectivity index (χ4v) is 2.46. The second kappa shape index (κ2) is 5.81. The van der Waals surface area contributed by atoms with Crippen molar-refractivity contribution < 1.29 is 0 Å². The third-order valence-corrected chi connectivity index (χ3v) is 3.48. The Kier molecular flexibility index (Phi) is 3.70. The van der Waals surface area contributed by atoms with E-state index in [9.17, 15) is 0 Å². The van der Waals surface area contributed by atoms with Gasteiger partial charge in [0.25, 0.3) is 0 Å². The van der Waals surface area contributed by atoms with Gasteiger partial charge in [0, 0.05) is 19.2 Å². The molecule has 96 valence electrons. The number of hydrogen-bond acceptors (Lipinski definition) is 2. The normalized spacial score (nSPS) is 12.6. The molecule has 1 heterocycles. The van der Waals surface area contributed by atoms with Gasteiger partial charge in [0.15, 0.2) is 0 Å². The van der Waals surface area contributed by atoms with E-state index in [2.05, 4.69) is 58.8 Å². The molecule has 0 radical (unpaired) electrons. The fraction of sp³-hybridized carbons (Fsp3) is 0.235. The third kappa shape index (κ3) is 2.91. The fourth-order valence-electron chi connectivity index (χ4n) is 2.46. The van der Waals surface area contributed by atoms with E-state index in [0.29, 0.717) is 0 Å². The van der Waals surface area contributed by atoms with E-state index in [1.165, 1.54) is 22.4 Å². The van der Waals surface area contributed by atoms with Crippen molar-refractivity contribution in [2.75, 3.05) is 6.54 Å². The second-order valence-electron chi connectivity index (χ2n) is 4.85. The van der Waals surface area contributed by atoms with E-state index in [1.807, 2.05) is 6.21 Å². The molecule has 0 bridgehead atoms. The molecule has 0 aliphatic carbocycles. The highest BCUT2D eigenvalue weighted by Crippen LogP contribution is 2.28. The van der Waals surface area contributed by atoms with E-state index >= 15 is 0 Å². The van der Waals surface area contributed by atoms with Crippen molar-refractivity contribution in [2.45, 2.75) is 19.4 Å². The van der Waals surface area contributed by atoms with Crippen LogP contribution in [-0.4, -0.2) is 12.8 Å². The minimum atomic E-state index is 0.930. The van der Waals surface area contributed by atoms with Crippen molar-refractivity contribution >= 4 is 11.9 Å². The zero-order valence-corrected chi connectivity index (χ0v) is 11.0. The molecular weight excluding hydrogens is 232 g/mol.